The smallest absolute Gasteiger partial charge is 0.419 e. The van der Waals surface area contributed by atoms with Crippen LogP contribution in [0.2, 0.25) is 0 Å². The summed E-state index contributed by atoms with van der Waals surface area (Å²) in [4.78, 5) is 72.7. The second kappa shape index (κ2) is 15.5. The molecule has 0 saturated heterocycles. The summed E-state index contributed by atoms with van der Waals surface area (Å²) in [7, 11) is 0. The van der Waals surface area contributed by atoms with Crippen LogP contribution in [-0.2, 0) is 19.1 Å². The highest BCUT2D eigenvalue weighted by Gasteiger charge is 2.27. The van der Waals surface area contributed by atoms with E-state index in [1.54, 1.807) is 32.0 Å². The Morgan fingerprint density at radius 3 is 2.49 bits per heavy atom. The Morgan fingerprint density at radius 2 is 1.85 bits per heavy atom. The van der Waals surface area contributed by atoms with E-state index in [-0.39, 0.29) is 30.3 Å². The number of esters is 1. The molecule has 1 heterocycles. The third-order valence-electron chi connectivity index (χ3n) is 5.75. The van der Waals surface area contributed by atoms with Crippen molar-refractivity contribution in [2.24, 2.45) is 15.7 Å². The number of rotatable bonds is 12. The maximum absolute atomic E-state index is 13.2. The van der Waals surface area contributed by atoms with Gasteiger partial charge in [-0.15, -0.1) is 0 Å². The lowest BCUT2D eigenvalue weighted by atomic mass is 10.1. The van der Waals surface area contributed by atoms with Crippen molar-refractivity contribution in [1.82, 2.24) is 15.2 Å². The van der Waals surface area contributed by atoms with Crippen LogP contribution in [0.5, 0.6) is 0 Å². The normalized spacial score (nSPS) is 11.3. The number of ether oxygens (including phenoxy) is 2. The molecule has 0 spiro atoms. The SMILES string of the molecule is CCCNC(=O)c1ccc(C)c(N=C(N=CN)c2[nH]cc(C(=O)N(CC)C(=O)OCOC(=O)CCC(=O)O)c2C)c1. The summed E-state index contributed by atoms with van der Waals surface area (Å²) in [5, 5.41) is 11.4. The number of nitrogens with two attached hydrogens (primary N) is 1. The topological polar surface area (TPSA) is 206 Å². The van der Waals surface area contributed by atoms with E-state index in [2.05, 4.69) is 25.0 Å². The Balaban J connectivity index is 2.27. The van der Waals surface area contributed by atoms with Crippen LogP contribution in [0.1, 0.15) is 70.6 Å². The number of amides is 3. The fraction of sp³-hybridized carbons (Fsp3) is 0.370. The summed E-state index contributed by atoms with van der Waals surface area (Å²) in [6, 6.07) is 5.07. The number of hydrogen-bond acceptors (Lipinski definition) is 8. The van der Waals surface area contributed by atoms with Gasteiger partial charge in [0.2, 0.25) is 6.79 Å². The minimum absolute atomic E-state index is 0.0570. The van der Waals surface area contributed by atoms with E-state index < -0.39 is 37.2 Å². The molecule has 14 heteroatoms. The highest BCUT2D eigenvalue weighted by atomic mass is 16.7. The molecular formula is C27H34N6O8. The molecule has 0 aliphatic rings. The Bertz CT molecular complexity index is 1350. The molecule has 14 nitrogen and oxygen atoms in total. The molecule has 0 radical (unpaired) electrons. The molecule has 1 aromatic heterocycles. The van der Waals surface area contributed by atoms with Gasteiger partial charge in [-0.25, -0.2) is 19.7 Å². The molecule has 0 aliphatic heterocycles. The highest BCUT2D eigenvalue weighted by molar-refractivity contribution is 6.09. The van der Waals surface area contributed by atoms with E-state index in [9.17, 15) is 24.0 Å². The number of imide groups is 1. The Kier molecular flexibility index (Phi) is 12.2. The number of aliphatic carboxylic acids is 1. The number of amidine groups is 1. The van der Waals surface area contributed by atoms with Crippen molar-refractivity contribution in [1.29, 1.82) is 0 Å². The van der Waals surface area contributed by atoms with E-state index in [4.69, 9.17) is 15.6 Å². The lowest BCUT2D eigenvalue weighted by Gasteiger charge is -2.18. The summed E-state index contributed by atoms with van der Waals surface area (Å²) in [5.41, 5.74) is 8.12. The number of nitrogens with one attached hydrogen (secondary N) is 2. The van der Waals surface area contributed by atoms with Crippen molar-refractivity contribution in [3.05, 3.63) is 52.3 Å². The molecule has 1 aromatic carbocycles. The number of aromatic amines is 1. The second-order valence-electron chi connectivity index (χ2n) is 8.66. The lowest BCUT2D eigenvalue weighted by molar-refractivity contribution is -0.154. The summed E-state index contributed by atoms with van der Waals surface area (Å²) >= 11 is 0. The second-order valence-corrected chi connectivity index (χ2v) is 8.66. The molecule has 0 fully saturated rings. The lowest BCUT2D eigenvalue weighted by Crippen LogP contribution is -2.37. The van der Waals surface area contributed by atoms with Crippen LogP contribution in [0.3, 0.4) is 0 Å². The van der Waals surface area contributed by atoms with Crippen LogP contribution in [-0.4, -0.2) is 76.9 Å². The zero-order valence-corrected chi connectivity index (χ0v) is 23.4. The van der Waals surface area contributed by atoms with Crippen molar-refractivity contribution in [3.8, 4) is 0 Å². The van der Waals surface area contributed by atoms with E-state index in [0.29, 0.717) is 29.1 Å². The minimum atomic E-state index is -1.17. The van der Waals surface area contributed by atoms with Crippen LogP contribution in [0.4, 0.5) is 10.5 Å². The summed E-state index contributed by atoms with van der Waals surface area (Å²) < 4.78 is 9.54. The minimum Gasteiger partial charge on any atom is -0.481 e. The number of nitrogens with zero attached hydrogens (tertiary/aromatic N) is 3. The van der Waals surface area contributed by atoms with Gasteiger partial charge >= 0.3 is 18.0 Å². The summed E-state index contributed by atoms with van der Waals surface area (Å²) in [6.45, 7) is 6.65. The van der Waals surface area contributed by atoms with Crippen molar-refractivity contribution >= 4 is 47.7 Å². The predicted molar refractivity (Wildman–Crippen MR) is 149 cm³/mol. The largest absolute Gasteiger partial charge is 0.481 e. The molecule has 2 aromatic rings. The van der Waals surface area contributed by atoms with E-state index in [1.165, 1.54) is 6.20 Å². The predicted octanol–water partition coefficient (Wildman–Crippen LogP) is 2.80. The summed E-state index contributed by atoms with van der Waals surface area (Å²) in [5.74, 6) is -2.84. The maximum Gasteiger partial charge on any atom is 0.419 e. The molecule has 220 valence electrons. The third kappa shape index (κ3) is 9.02. The molecule has 41 heavy (non-hydrogen) atoms. The van der Waals surface area contributed by atoms with E-state index >= 15 is 0 Å². The number of carboxylic acids is 1. The van der Waals surface area contributed by atoms with Gasteiger partial charge in [0.25, 0.3) is 11.8 Å². The van der Waals surface area contributed by atoms with Crippen molar-refractivity contribution in [2.75, 3.05) is 19.9 Å². The molecule has 5 N–H and O–H groups in total. The molecule has 3 amide bonds. The average molecular weight is 571 g/mol. The average Bonchev–Trinajstić information content (AvgIpc) is 3.32. The van der Waals surface area contributed by atoms with Gasteiger partial charge in [0.05, 0.1) is 36.1 Å². The molecule has 2 rings (SSSR count). The standard InChI is InChI=1S/C27H34N6O8/c1-5-11-29-25(37)18-8-7-16(3)20(12-18)32-24(31-14-28)23-17(4)19(13-30-23)26(38)33(6-2)27(39)41-15-40-22(36)10-9-21(34)35/h7-8,12-14,30H,5-6,9-11,15H2,1-4H3,(H,29,37)(H,34,35)(H2,28,31,32). The van der Waals surface area contributed by atoms with Crippen LogP contribution in [0.25, 0.3) is 0 Å². The molecule has 0 unspecified atom stereocenters. The van der Waals surface area contributed by atoms with Gasteiger partial charge in [-0.1, -0.05) is 13.0 Å². The number of benzene rings is 1. The van der Waals surface area contributed by atoms with Gasteiger partial charge in [0, 0.05) is 24.8 Å². The van der Waals surface area contributed by atoms with Crippen molar-refractivity contribution in [2.45, 2.75) is 47.0 Å². The number of H-pyrrole nitrogens is 1. The number of aryl methyl sites for hydroxylation is 1. The maximum atomic E-state index is 13.2. The number of aromatic nitrogens is 1. The van der Waals surface area contributed by atoms with Crippen LogP contribution in [0, 0.1) is 13.8 Å². The number of carboxylic acid groups (broad SMARTS) is 1. The number of aliphatic imine (C=N–C) groups is 2. The van der Waals surface area contributed by atoms with Crippen LogP contribution < -0.4 is 11.1 Å². The molecule has 0 aliphatic carbocycles. The Morgan fingerprint density at radius 1 is 1.12 bits per heavy atom. The molecule has 0 bridgehead atoms. The number of carbonyl (C=O) groups is 5. The quantitative estimate of drug-likeness (QED) is 0.128. The van der Waals surface area contributed by atoms with E-state index in [0.717, 1.165) is 23.2 Å². The fourth-order valence-electron chi connectivity index (χ4n) is 3.50. The zero-order chi connectivity index (χ0) is 30.5. The monoisotopic (exact) mass is 570 g/mol. The molecule has 0 atom stereocenters. The van der Waals surface area contributed by atoms with Crippen LogP contribution in [0.15, 0.2) is 34.4 Å². The first-order valence-corrected chi connectivity index (χ1v) is 12.8. The molecule has 0 saturated carbocycles. The zero-order valence-electron chi connectivity index (χ0n) is 23.4. The Hall–Kier alpha value is -5.01. The van der Waals surface area contributed by atoms with Gasteiger partial charge in [0.15, 0.2) is 5.84 Å². The Labute approximate surface area is 236 Å². The molecular weight excluding hydrogens is 536 g/mol. The first-order chi connectivity index (χ1) is 19.5. The van der Waals surface area contributed by atoms with Gasteiger partial charge < -0.3 is 30.6 Å². The first-order valence-electron chi connectivity index (χ1n) is 12.8. The third-order valence-corrected chi connectivity index (χ3v) is 5.75. The van der Waals surface area contributed by atoms with Crippen molar-refractivity contribution in [3.63, 3.8) is 0 Å². The first kappa shape index (κ1) is 32.2. The highest BCUT2D eigenvalue weighted by Crippen LogP contribution is 2.24. The van der Waals surface area contributed by atoms with Gasteiger partial charge in [-0.3, -0.25) is 19.2 Å². The number of carbonyl (C=O) groups excluding carboxylic acids is 4. The van der Waals surface area contributed by atoms with Crippen LogP contribution >= 0.6 is 0 Å². The fourth-order valence-corrected chi connectivity index (χ4v) is 3.50. The van der Waals surface area contributed by atoms with Gasteiger partial charge in [0.1, 0.15) is 0 Å². The number of hydrogen-bond donors (Lipinski definition) is 4. The van der Waals surface area contributed by atoms with E-state index in [1.807, 2.05) is 13.8 Å². The summed E-state index contributed by atoms with van der Waals surface area (Å²) in [6.07, 6.45) is 1.34. The van der Waals surface area contributed by atoms with Gasteiger partial charge in [-0.2, -0.15) is 0 Å². The van der Waals surface area contributed by atoms with Gasteiger partial charge in [-0.05, 0) is 50.5 Å². The van der Waals surface area contributed by atoms with Crippen molar-refractivity contribution < 1.29 is 38.6 Å².